The third-order valence-electron chi connectivity index (χ3n) is 5.10. The maximum Gasteiger partial charge on any atom is 0.318 e. The van der Waals surface area contributed by atoms with Gasteiger partial charge < -0.3 is 19.9 Å². The van der Waals surface area contributed by atoms with Gasteiger partial charge in [0.2, 0.25) is 5.91 Å². The molecule has 3 amide bonds. The molecule has 0 bridgehead atoms. The van der Waals surface area contributed by atoms with Gasteiger partial charge in [0, 0.05) is 32.7 Å². The highest BCUT2D eigenvalue weighted by atomic mass is 16.5. The van der Waals surface area contributed by atoms with Crippen LogP contribution in [0.5, 0.6) is 0 Å². The highest BCUT2D eigenvalue weighted by molar-refractivity contribution is 5.81. The fourth-order valence-corrected chi connectivity index (χ4v) is 3.93. The van der Waals surface area contributed by atoms with E-state index in [1.807, 2.05) is 9.80 Å². The zero-order valence-electron chi connectivity index (χ0n) is 12.7. The second-order valence-corrected chi connectivity index (χ2v) is 6.36. The Bertz CT molecular complexity index is 409. The first-order chi connectivity index (χ1) is 10.2. The van der Waals surface area contributed by atoms with Crippen molar-refractivity contribution in [3.63, 3.8) is 0 Å². The Balaban J connectivity index is 1.59. The van der Waals surface area contributed by atoms with Gasteiger partial charge in [-0.2, -0.15) is 0 Å². The molecule has 0 aromatic carbocycles. The minimum atomic E-state index is -0.0165. The molecule has 2 aliphatic heterocycles. The summed E-state index contributed by atoms with van der Waals surface area (Å²) in [5.74, 6) is 0.527. The molecule has 0 radical (unpaired) electrons. The standard InChI is InChI=1S/C15H25N3O3/c1-21-9-8-18-13-6-7-17(10-12(13)16-15(18)20)14(19)11-4-2-3-5-11/h11-13H,2-10H2,1H3,(H,16,20)/t12-,13+/m1/s1. The van der Waals surface area contributed by atoms with Crippen LogP contribution in [0.15, 0.2) is 0 Å². The Morgan fingerprint density at radius 3 is 2.81 bits per heavy atom. The van der Waals surface area contributed by atoms with E-state index < -0.39 is 0 Å². The Kier molecular flexibility index (Phi) is 4.33. The number of nitrogens with zero attached hydrogens (tertiary/aromatic N) is 2. The van der Waals surface area contributed by atoms with E-state index in [1.165, 1.54) is 12.8 Å². The predicted molar refractivity (Wildman–Crippen MR) is 77.8 cm³/mol. The number of piperidine rings is 1. The van der Waals surface area contributed by atoms with Crippen LogP contribution in [0.1, 0.15) is 32.1 Å². The monoisotopic (exact) mass is 295 g/mol. The highest BCUT2D eigenvalue weighted by Gasteiger charge is 2.44. The molecule has 3 fully saturated rings. The Morgan fingerprint density at radius 2 is 2.10 bits per heavy atom. The predicted octanol–water partition coefficient (Wildman–Crippen LogP) is 0.818. The quantitative estimate of drug-likeness (QED) is 0.835. The van der Waals surface area contributed by atoms with Crippen molar-refractivity contribution in [1.82, 2.24) is 15.1 Å². The third-order valence-corrected chi connectivity index (χ3v) is 5.10. The van der Waals surface area contributed by atoms with E-state index in [-0.39, 0.29) is 24.0 Å². The molecule has 1 aliphatic carbocycles. The SMILES string of the molecule is COCCN1C(=O)N[C@@H]2CN(C(=O)C3CCCC3)CC[C@@H]21. The number of urea groups is 1. The second kappa shape index (κ2) is 6.22. The van der Waals surface area contributed by atoms with Crippen molar-refractivity contribution in [2.24, 2.45) is 5.92 Å². The lowest BCUT2D eigenvalue weighted by molar-refractivity contribution is -0.137. The summed E-state index contributed by atoms with van der Waals surface area (Å²) in [7, 11) is 1.65. The van der Waals surface area contributed by atoms with E-state index in [1.54, 1.807) is 7.11 Å². The molecule has 6 nitrogen and oxygen atoms in total. The van der Waals surface area contributed by atoms with E-state index in [0.29, 0.717) is 25.6 Å². The maximum absolute atomic E-state index is 12.5. The summed E-state index contributed by atoms with van der Waals surface area (Å²) in [6, 6.07) is 0.269. The van der Waals surface area contributed by atoms with Crippen LogP contribution in [0.4, 0.5) is 4.79 Å². The van der Waals surface area contributed by atoms with Crippen molar-refractivity contribution >= 4 is 11.9 Å². The third kappa shape index (κ3) is 2.86. The van der Waals surface area contributed by atoms with Gasteiger partial charge in [0.1, 0.15) is 0 Å². The highest BCUT2D eigenvalue weighted by Crippen LogP contribution is 2.29. The molecule has 0 spiro atoms. The molecule has 0 aromatic heterocycles. The number of hydrogen-bond donors (Lipinski definition) is 1. The molecule has 1 N–H and O–H groups in total. The summed E-state index contributed by atoms with van der Waals surface area (Å²) in [5, 5.41) is 3.03. The minimum absolute atomic E-state index is 0.0165. The zero-order chi connectivity index (χ0) is 14.8. The van der Waals surface area contributed by atoms with Crippen LogP contribution < -0.4 is 5.32 Å². The Hall–Kier alpha value is -1.30. The summed E-state index contributed by atoms with van der Waals surface area (Å²) in [6.45, 7) is 2.62. The summed E-state index contributed by atoms with van der Waals surface area (Å²) in [5.41, 5.74) is 0. The van der Waals surface area contributed by atoms with Gasteiger partial charge in [-0.05, 0) is 19.3 Å². The minimum Gasteiger partial charge on any atom is -0.383 e. The number of rotatable bonds is 4. The molecule has 6 heteroatoms. The lowest BCUT2D eigenvalue weighted by Crippen LogP contribution is -2.54. The van der Waals surface area contributed by atoms with E-state index in [4.69, 9.17) is 4.74 Å². The topological polar surface area (TPSA) is 61.9 Å². The van der Waals surface area contributed by atoms with Crippen LogP contribution in [-0.2, 0) is 9.53 Å². The van der Waals surface area contributed by atoms with Crippen molar-refractivity contribution in [2.75, 3.05) is 33.4 Å². The van der Waals surface area contributed by atoms with Crippen LogP contribution in [0, 0.1) is 5.92 Å². The number of methoxy groups -OCH3 is 1. The fourth-order valence-electron chi connectivity index (χ4n) is 3.93. The molecule has 0 aromatic rings. The molecule has 118 valence electrons. The molecule has 1 saturated carbocycles. The maximum atomic E-state index is 12.5. The zero-order valence-corrected chi connectivity index (χ0v) is 12.7. The number of ether oxygens (including phenoxy) is 1. The number of carbonyl (C=O) groups excluding carboxylic acids is 2. The molecule has 21 heavy (non-hydrogen) atoms. The molecular formula is C15H25N3O3. The van der Waals surface area contributed by atoms with Crippen molar-refractivity contribution in [3.05, 3.63) is 0 Å². The van der Waals surface area contributed by atoms with Crippen molar-refractivity contribution < 1.29 is 14.3 Å². The van der Waals surface area contributed by atoms with Crippen molar-refractivity contribution in [2.45, 2.75) is 44.2 Å². The van der Waals surface area contributed by atoms with Crippen molar-refractivity contribution in [3.8, 4) is 0 Å². The number of amides is 3. The van der Waals surface area contributed by atoms with Gasteiger partial charge in [0.05, 0.1) is 18.7 Å². The fraction of sp³-hybridized carbons (Fsp3) is 0.867. The number of nitrogens with one attached hydrogen (secondary N) is 1. The van der Waals surface area contributed by atoms with Crippen LogP contribution in [0.2, 0.25) is 0 Å². The van der Waals surface area contributed by atoms with Gasteiger partial charge in [-0.3, -0.25) is 4.79 Å². The number of fused-ring (bicyclic) bond motifs is 1. The largest absolute Gasteiger partial charge is 0.383 e. The first-order valence-corrected chi connectivity index (χ1v) is 8.05. The number of hydrogen-bond acceptors (Lipinski definition) is 3. The number of carbonyl (C=O) groups is 2. The molecule has 2 atom stereocenters. The molecule has 3 rings (SSSR count). The van der Waals surface area contributed by atoms with Gasteiger partial charge in [-0.1, -0.05) is 12.8 Å². The summed E-state index contributed by atoms with van der Waals surface area (Å²) in [6.07, 6.45) is 5.30. The lowest BCUT2D eigenvalue weighted by atomic mass is 9.97. The molecular weight excluding hydrogens is 270 g/mol. The normalized spacial score (nSPS) is 29.7. The summed E-state index contributed by atoms with van der Waals surface area (Å²) < 4.78 is 5.07. The van der Waals surface area contributed by atoms with Crippen LogP contribution in [-0.4, -0.2) is 67.2 Å². The van der Waals surface area contributed by atoms with E-state index in [9.17, 15) is 9.59 Å². The first-order valence-electron chi connectivity index (χ1n) is 8.05. The van der Waals surface area contributed by atoms with Crippen LogP contribution >= 0.6 is 0 Å². The molecule has 2 saturated heterocycles. The Morgan fingerprint density at radius 1 is 1.33 bits per heavy atom. The summed E-state index contributed by atoms with van der Waals surface area (Å²) >= 11 is 0. The lowest BCUT2D eigenvalue weighted by Gasteiger charge is -2.37. The van der Waals surface area contributed by atoms with Gasteiger partial charge in [0.15, 0.2) is 0 Å². The van der Waals surface area contributed by atoms with Gasteiger partial charge in [0.25, 0.3) is 0 Å². The molecule has 0 unspecified atom stereocenters. The van der Waals surface area contributed by atoms with E-state index >= 15 is 0 Å². The van der Waals surface area contributed by atoms with Gasteiger partial charge in [-0.25, -0.2) is 4.79 Å². The smallest absolute Gasteiger partial charge is 0.318 e. The Labute approximate surface area is 125 Å². The van der Waals surface area contributed by atoms with Crippen molar-refractivity contribution in [1.29, 1.82) is 0 Å². The summed E-state index contributed by atoms with van der Waals surface area (Å²) in [4.78, 5) is 28.4. The average molecular weight is 295 g/mol. The molecule has 2 heterocycles. The van der Waals surface area contributed by atoms with E-state index in [0.717, 1.165) is 25.8 Å². The van der Waals surface area contributed by atoms with E-state index in [2.05, 4.69) is 5.32 Å². The van der Waals surface area contributed by atoms with Gasteiger partial charge in [-0.15, -0.1) is 0 Å². The van der Waals surface area contributed by atoms with Crippen LogP contribution in [0.25, 0.3) is 0 Å². The molecule has 3 aliphatic rings. The van der Waals surface area contributed by atoms with Crippen LogP contribution in [0.3, 0.4) is 0 Å². The first kappa shape index (κ1) is 14.6. The average Bonchev–Trinajstić information content (AvgIpc) is 3.11. The van der Waals surface area contributed by atoms with Gasteiger partial charge >= 0.3 is 6.03 Å². The number of likely N-dealkylation sites (tertiary alicyclic amines) is 1. The second-order valence-electron chi connectivity index (χ2n) is 6.36.